The van der Waals surface area contributed by atoms with Crippen molar-refractivity contribution in [2.45, 2.75) is 58.1 Å². The highest BCUT2D eigenvalue weighted by molar-refractivity contribution is 5.97. The first-order valence-corrected chi connectivity index (χ1v) is 16.4. The van der Waals surface area contributed by atoms with E-state index in [2.05, 4.69) is 17.6 Å². The van der Waals surface area contributed by atoms with Crippen LogP contribution >= 0.6 is 0 Å². The second-order valence-corrected chi connectivity index (χ2v) is 11.4. The maximum Gasteiger partial charge on any atom is 0.343 e. The molecule has 0 spiro atoms. The number of esters is 1. The summed E-state index contributed by atoms with van der Waals surface area (Å²) in [6.45, 7) is 4.48. The molecule has 0 bridgehead atoms. The second kappa shape index (κ2) is 19.5. The van der Waals surface area contributed by atoms with Gasteiger partial charge in [0.1, 0.15) is 17.5 Å². The molecule has 1 atom stereocenters. The van der Waals surface area contributed by atoms with Crippen LogP contribution in [0.3, 0.4) is 0 Å². The second-order valence-electron chi connectivity index (χ2n) is 11.4. The molecule has 0 saturated carbocycles. The molecule has 0 aromatic heterocycles. The van der Waals surface area contributed by atoms with Crippen molar-refractivity contribution in [3.63, 3.8) is 0 Å². The average Bonchev–Trinajstić information content (AvgIpc) is 3.11. The number of ether oxygens (including phenoxy) is 3. The lowest BCUT2D eigenvalue weighted by molar-refractivity contribution is -0.139. The Labute approximate surface area is 282 Å². The largest absolute Gasteiger partial charge is 0.494 e. The fourth-order valence-electron chi connectivity index (χ4n) is 4.89. The van der Waals surface area contributed by atoms with Gasteiger partial charge < -0.3 is 30.0 Å². The molecular formula is C39H44N2O7. The number of amides is 1. The number of rotatable bonds is 20. The van der Waals surface area contributed by atoms with E-state index in [-0.39, 0.29) is 6.42 Å². The van der Waals surface area contributed by atoms with Gasteiger partial charge in [-0.05, 0) is 78.2 Å². The summed E-state index contributed by atoms with van der Waals surface area (Å²) in [6.07, 6.45) is 5.85. The third-order valence-corrected chi connectivity index (χ3v) is 7.62. The molecule has 4 rings (SSSR count). The predicted octanol–water partition coefficient (Wildman–Crippen LogP) is 7.31. The number of unbranched alkanes of at least 4 members (excludes halogenated alkanes) is 4. The van der Waals surface area contributed by atoms with Crippen LogP contribution in [0.2, 0.25) is 0 Å². The summed E-state index contributed by atoms with van der Waals surface area (Å²) in [5.41, 5.74) is 3.32. The zero-order valence-electron chi connectivity index (χ0n) is 27.4. The number of hydrogen-bond donors (Lipinski definition) is 3. The van der Waals surface area contributed by atoms with Crippen molar-refractivity contribution in [2.24, 2.45) is 0 Å². The minimum Gasteiger partial charge on any atom is -0.494 e. The van der Waals surface area contributed by atoms with E-state index in [4.69, 9.17) is 14.2 Å². The molecule has 0 aliphatic rings. The first-order valence-electron chi connectivity index (χ1n) is 16.4. The lowest BCUT2D eigenvalue weighted by atomic mass is 10.0. The van der Waals surface area contributed by atoms with Crippen LogP contribution in [0.1, 0.15) is 70.9 Å². The Bertz CT molecular complexity index is 1560. The SMILES string of the molecule is CCCCCCCOc1ccc(C(=O)Oc2ccc(C[C@H](NC(=O)c3ccc(NCCOCc4ccccc4)cc3)C(=O)O)cc2)cc1. The number of benzene rings is 4. The molecule has 1 amide bonds. The number of aliphatic carboxylic acids is 1. The Balaban J connectivity index is 1.19. The molecule has 9 heteroatoms. The lowest BCUT2D eigenvalue weighted by Gasteiger charge is -2.15. The maximum absolute atomic E-state index is 12.8. The van der Waals surface area contributed by atoms with Gasteiger partial charge in [-0.1, -0.05) is 75.1 Å². The Hall–Kier alpha value is -5.15. The van der Waals surface area contributed by atoms with Gasteiger partial charge in [-0.25, -0.2) is 9.59 Å². The minimum atomic E-state index is -1.16. The van der Waals surface area contributed by atoms with Crippen LogP contribution in [0, 0.1) is 0 Å². The van der Waals surface area contributed by atoms with E-state index in [0.717, 1.165) is 24.1 Å². The lowest BCUT2D eigenvalue weighted by Crippen LogP contribution is -2.42. The summed E-state index contributed by atoms with van der Waals surface area (Å²) in [7, 11) is 0. The number of carboxylic acids is 1. The smallest absolute Gasteiger partial charge is 0.343 e. The number of anilines is 1. The summed E-state index contributed by atoms with van der Waals surface area (Å²) in [6, 6.07) is 29.0. The fraction of sp³-hybridized carbons (Fsp3) is 0.308. The van der Waals surface area contributed by atoms with Crippen molar-refractivity contribution in [3.05, 3.63) is 125 Å². The van der Waals surface area contributed by atoms with Crippen LogP contribution in [0.5, 0.6) is 11.5 Å². The molecule has 0 aliphatic carbocycles. The molecule has 252 valence electrons. The van der Waals surface area contributed by atoms with Crippen molar-refractivity contribution in [3.8, 4) is 11.5 Å². The van der Waals surface area contributed by atoms with Gasteiger partial charge in [-0.15, -0.1) is 0 Å². The van der Waals surface area contributed by atoms with E-state index in [1.54, 1.807) is 72.8 Å². The predicted molar refractivity (Wildman–Crippen MR) is 186 cm³/mol. The molecule has 4 aromatic carbocycles. The van der Waals surface area contributed by atoms with E-state index in [0.29, 0.717) is 54.6 Å². The van der Waals surface area contributed by atoms with Gasteiger partial charge in [0, 0.05) is 24.2 Å². The normalized spacial score (nSPS) is 11.4. The molecular weight excluding hydrogens is 608 g/mol. The molecule has 0 unspecified atom stereocenters. The summed E-state index contributed by atoms with van der Waals surface area (Å²) in [5, 5.41) is 15.6. The van der Waals surface area contributed by atoms with Gasteiger partial charge in [0.05, 0.1) is 25.4 Å². The number of carboxylic acid groups (broad SMARTS) is 1. The fourth-order valence-corrected chi connectivity index (χ4v) is 4.89. The van der Waals surface area contributed by atoms with Gasteiger partial charge in [-0.3, -0.25) is 4.79 Å². The average molecular weight is 653 g/mol. The van der Waals surface area contributed by atoms with Gasteiger partial charge >= 0.3 is 11.9 Å². The monoisotopic (exact) mass is 652 g/mol. The maximum atomic E-state index is 12.8. The van der Waals surface area contributed by atoms with E-state index < -0.39 is 23.9 Å². The molecule has 9 nitrogen and oxygen atoms in total. The first-order chi connectivity index (χ1) is 23.4. The summed E-state index contributed by atoms with van der Waals surface area (Å²) in [5.74, 6) is -1.13. The van der Waals surface area contributed by atoms with Gasteiger partial charge in [0.15, 0.2) is 0 Å². The number of nitrogens with one attached hydrogen (secondary N) is 2. The van der Waals surface area contributed by atoms with Crippen molar-refractivity contribution in [1.82, 2.24) is 5.32 Å². The zero-order chi connectivity index (χ0) is 34.0. The molecule has 48 heavy (non-hydrogen) atoms. The highest BCUT2D eigenvalue weighted by Gasteiger charge is 2.21. The van der Waals surface area contributed by atoms with Crippen LogP contribution in [0.4, 0.5) is 5.69 Å². The van der Waals surface area contributed by atoms with Crippen molar-refractivity contribution < 1.29 is 33.7 Å². The quantitative estimate of drug-likeness (QED) is 0.0516. The van der Waals surface area contributed by atoms with Gasteiger partial charge in [-0.2, -0.15) is 0 Å². The Morgan fingerprint density at radius 1 is 0.708 bits per heavy atom. The van der Waals surface area contributed by atoms with Gasteiger partial charge in [0.2, 0.25) is 0 Å². The third kappa shape index (κ3) is 12.2. The molecule has 3 N–H and O–H groups in total. The Kier molecular flexibility index (Phi) is 14.5. The highest BCUT2D eigenvalue weighted by Crippen LogP contribution is 2.18. The van der Waals surface area contributed by atoms with Crippen molar-refractivity contribution in [1.29, 1.82) is 0 Å². The Morgan fingerprint density at radius 2 is 1.38 bits per heavy atom. The molecule has 0 aliphatic heterocycles. The van der Waals surface area contributed by atoms with Crippen LogP contribution in [0.25, 0.3) is 0 Å². The van der Waals surface area contributed by atoms with E-state index in [1.807, 2.05) is 30.3 Å². The number of hydrogen-bond acceptors (Lipinski definition) is 7. The summed E-state index contributed by atoms with van der Waals surface area (Å²) < 4.78 is 16.9. The topological polar surface area (TPSA) is 123 Å². The van der Waals surface area contributed by atoms with Crippen LogP contribution < -0.4 is 20.1 Å². The minimum absolute atomic E-state index is 0.0536. The van der Waals surface area contributed by atoms with E-state index >= 15 is 0 Å². The summed E-state index contributed by atoms with van der Waals surface area (Å²) in [4.78, 5) is 37.5. The zero-order valence-corrected chi connectivity index (χ0v) is 27.4. The molecule has 0 saturated heterocycles. The first kappa shape index (κ1) is 35.7. The van der Waals surface area contributed by atoms with Crippen molar-refractivity contribution >= 4 is 23.5 Å². The van der Waals surface area contributed by atoms with Crippen LogP contribution in [0.15, 0.2) is 103 Å². The Morgan fingerprint density at radius 3 is 2.06 bits per heavy atom. The number of carbonyl (C=O) groups is 3. The summed E-state index contributed by atoms with van der Waals surface area (Å²) >= 11 is 0. The van der Waals surface area contributed by atoms with Gasteiger partial charge in [0.25, 0.3) is 5.91 Å². The molecule has 0 fully saturated rings. The van der Waals surface area contributed by atoms with E-state index in [1.165, 1.54) is 19.3 Å². The number of carbonyl (C=O) groups excluding carboxylic acids is 2. The standard InChI is InChI=1S/C39H44N2O7/c1-2-3-4-5-9-25-47-34-22-16-32(17-23-34)39(45)48-35-20-12-29(13-21-35)27-36(38(43)44)41-37(42)31-14-18-33(19-15-31)40-24-26-46-28-30-10-7-6-8-11-30/h6-8,10-23,36,40H,2-5,9,24-28H2,1H3,(H,41,42)(H,43,44)/t36-/m0/s1. The van der Waals surface area contributed by atoms with Crippen LogP contribution in [-0.2, 0) is 22.6 Å². The molecule has 0 heterocycles. The molecule has 4 aromatic rings. The van der Waals surface area contributed by atoms with Crippen molar-refractivity contribution in [2.75, 3.05) is 25.1 Å². The third-order valence-electron chi connectivity index (χ3n) is 7.62. The highest BCUT2D eigenvalue weighted by atomic mass is 16.5. The molecule has 0 radical (unpaired) electrons. The van der Waals surface area contributed by atoms with E-state index in [9.17, 15) is 19.5 Å². The van der Waals surface area contributed by atoms with Crippen LogP contribution in [-0.4, -0.2) is 48.8 Å².